The van der Waals surface area contributed by atoms with Crippen molar-refractivity contribution in [3.05, 3.63) is 30.3 Å². The summed E-state index contributed by atoms with van der Waals surface area (Å²) >= 11 is 0. The number of anilines is 1. The van der Waals surface area contributed by atoms with Gasteiger partial charge < -0.3 is 10.6 Å². The van der Waals surface area contributed by atoms with Crippen molar-refractivity contribution in [2.24, 2.45) is 4.99 Å². The molecule has 3 heteroatoms. The quantitative estimate of drug-likeness (QED) is 0.680. The van der Waals surface area contributed by atoms with Crippen LogP contribution in [-0.4, -0.2) is 19.0 Å². The van der Waals surface area contributed by atoms with Crippen molar-refractivity contribution >= 4 is 12.0 Å². The molecule has 1 aliphatic heterocycles. The van der Waals surface area contributed by atoms with Crippen LogP contribution >= 0.6 is 0 Å². The lowest BCUT2D eigenvalue weighted by molar-refractivity contribution is 0.745. The number of rotatable bonds is 2. The molecule has 2 rings (SSSR count). The van der Waals surface area contributed by atoms with Crippen LogP contribution in [0.25, 0.3) is 0 Å². The number of hydrogen-bond acceptors (Lipinski definition) is 3. The minimum Gasteiger partial charge on any atom is -0.364 e. The summed E-state index contributed by atoms with van der Waals surface area (Å²) in [4.78, 5) is 4.06. The van der Waals surface area contributed by atoms with Crippen LogP contribution in [0, 0.1) is 0 Å². The van der Waals surface area contributed by atoms with Crippen LogP contribution in [0.3, 0.4) is 0 Å². The van der Waals surface area contributed by atoms with Crippen molar-refractivity contribution in [1.82, 2.24) is 5.32 Å². The lowest BCUT2D eigenvalue weighted by Crippen LogP contribution is -2.32. The van der Waals surface area contributed by atoms with E-state index in [1.807, 2.05) is 30.3 Å². The summed E-state index contributed by atoms with van der Waals surface area (Å²) in [6, 6.07) is 10.1. The summed E-state index contributed by atoms with van der Waals surface area (Å²) in [6.07, 6.45) is 1.99. The molecule has 0 radical (unpaired) electrons. The van der Waals surface area contributed by atoms with Crippen molar-refractivity contribution in [1.29, 1.82) is 0 Å². The Labute approximate surface area is 71.5 Å². The van der Waals surface area contributed by atoms with Crippen molar-refractivity contribution < 1.29 is 0 Å². The van der Waals surface area contributed by atoms with E-state index in [1.54, 1.807) is 6.34 Å². The minimum absolute atomic E-state index is 0.257. The Morgan fingerprint density at radius 1 is 1.33 bits per heavy atom. The third-order valence-corrected chi connectivity index (χ3v) is 1.77. The largest absolute Gasteiger partial charge is 0.364 e. The van der Waals surface area contributed by atoms with Gasteiger partial charge in [-0.15, -0.1) is 0 Å². The van der Waals surface area contributed by atoms with Gasteiger partial charge in [-0.2, -0.15) is 0 Å². The van der Waals surface area contributed by atoms with Gasteiger partial charge in [-0.1, -0.05) is 18.2 Å². The van der Waals surface area contributed by atoms with Gasteiger partial charge in [0.2, 0.25) is 0 Å². The molecule has 1 aromatic carbocycles. The Balaban J connectivity index is 1.95. The Kier molecular flexibility index (Phi) is 1.94. The van der Waals surface area contributed by atoms with Gasteiger partial charge in [0.1, 0.15) is 6.17 Å². The first-order chi connectivity index (χ1) is 5.95. The molecule has 1 heterocycles. The van der Waals surface area contributed by atoms with Gasteiger partial charge >= 0.3 is 0 Å². The zero-order valence-corrected chi connectivity index (χ0v) is 6.70. The molecule has 0 saturated heterocycles. The number of nitrogens with zero attached hydrogens (tertiary/aromatic N) is 1. The molecule has 0 saturated carbocycles. The van der Waals surface area contributed by atoms with E-state index in [9.17, 15) is 0 Å². The topological polar surface area (TPSA) is 36.4 Å². The van der Waals surface area contributed by atoms with E-state index in [0.717, 1.165) is 12.2 Å². The summed E-state index contributed by atoms with van der Waals surface area (Å²) in [7, 11) is 0. The molecule has 3 nitrogen and oxygen atoms in total. The van der Waals surface area contributed by atoms with Crippen LogP contribution in [0.1, 0.15) is 0 Å². The molecule has 1 aliphatic rings. The van der Waals surface area contributed by atoms with Gasteiger partial charge in [-0.05, 0) is 12.1 Å². The number of benzene rings is 1. The molecule has 0 aliphatic carbocycles. The number of para-hydroxylation sites is 1. The number of nitrogens with one attached hydrogen (secondary N) is 2. The smallest absolute Gasteiger partial charge is 0.117 e. The highest BCUT2D eigenvalue weighted by Gasteiger charge is 2.07. The predicted octanol–water partition coefficient (Wildman–Crippen LogP) is 1.06. The second-order valence-corrected chi connectivity index (χ2v) is 2.72. The Bertz CT molecular complexity index is 260. The third kappa shape index (κ3) is 1.56. The minimum atomic E-state index is 0.257. The van der Waals surface area contributed by atoms with Crippen LogP contribution in [0.2, 0.25) is 0 Å². The summed E-state index contributed by atoms with van der Waals surface area (Å²) in [5, 5.41) is 6.41. The zero-order chi connectivity index (χ0) is 8.23. The standard InChI is InChI=1S/C9H11N3/c1-2-4-8(5-3-1)12-9-6-10-7-11-9/h1-5,7,9,12H,6H2,(H,10,11). The second kappa shape index (κ2) is 3.26. The van der Waals surface area contributed by atoms with E-state index >= 15 is 0 Å². The maximum atomic E-state index is 4.06. The fourth-order valence-corrected chi connectivity index (χ4v) is 1.18. The molecule has 62 valence electrons. The fraction of sp³-hybridized carbons (Fsp3) is 0.222. The molecule has 1 aromatic rings. The molecule has 0 amide bonds. The number of hydrogen-bond donors (Lipinski definition) is 2. The Hall–Kier alpha value is -1.51. The lowest BCUT2D eigenvalue weighted by atomic mass is 10.3. The molecule has 1 atom stereocenters. The van der Waals surface area contributed by atoms with Crippen LogP contribution in [-0.2, 0) is 0 Å². The molecular formula is C9H11N3. The average molecular weight is 161 g/mol. The van der Waals surface area contributed by atoms with E-state index in [4.69, 9.17) is 0 Å². The van der Waals surface area contributed by atoms with E-state index in [1.165, 1.54) is 0 Å². The molecule has 0 aromatic heterocycles. The predicted molar refractivity (Wildman–Crippen MR) is 50.3 cm³/mol. The summed E-state index contributed by atoms with van der Waals surface area (Å²) in [6.45, 7) is 0.800. The van der Waals surface area contributed by atoms with Crippen LogP contribution in [0.15, 0.2) is 35.3 Å². The Morgan fingerprint density at radius 2 is 2.17 bits per heavy atom. The maximum absolute atomic E-state index is 4.06. The normalized spacial score (nSPS) is 20.5. The molecule has 1 unspecified atom stereocenters. The van der Waals surface area contributed by atoms with Gasteiger partial charge in [0.25, 0.3) is 0 Å². The van der Waals surface area contributed by atoms with Crippen molar-refractivity contribution in [3.63, 3.8) is 0 Å². The lowest BCUT2D eigenvalue weighted by Gasteiger charge is -2.12. The second-order valence-electron chi connectivity index (χ2n) is 2.72. The van der Waals surface area contributed by atoms with Crippen molar-refractivity contribution in [3.8, 4) is 0 Å². The molecule has 0 fully saturated rings. The van der Waals surface area contributed by atoms with Gasteiger partial charge in [0.15, 0.2) is 0 Å². The highest BCUT2D eigenvalue weighted by atomic mass is 15.2. The zero-order valence-electron chi connectivity index (χ0n) is 6.70. The summed E-state index contributed by atoms with van der Waals surface area (Å²) in [5.41, 5.74) is 1.13. The van der Waals surface area contributed by atoms with Crippen LogP contribution < -0.4 is 10.6 Å². The van der Waals surface area contributed by atoms with E-state index in [-0.39, 0.29) is 6.17 Å². The first-order valence-corrected chi connectivity index (χ1v) is 4.01. The molecule has 0 bridgehead atoms. The molecule has 2 N–H and O–H groups in total. The average Bonchev–Trinajstić information content (AvgIpc) is 2.59. The van der Waals surface area contributed by atoms with Crippen molar-refractivity contribution in [2.75, 3.05) is 11.9 Å². The highest BCUT2D eigenvalue weighted by molar-refractivity contribution is 5.59. The maximum Gasteiger partial charge on any atom is 0.117 e. The summed E-state index contributed by atoms with van der Waals surface area (Å²) < 4.78 is 0. The first-order valence-electron chi connectivity index (χ1n) is 4.01. The molecule has 12 heavy (non-hydrogen) atoms. The Morgan fingerprint density at radius 3 is 2.83 bits per heavy atom. The number of aliphatic imine (C=N–C) groups is 1. The van der Waals surface area contributed by atoms with Crippen molar-refractivity contribution in [2.45, 2.75) is 6.17 Å². The van der Waals surface area contributed by atoms with Crippen LogP contribution in [0.4, 0.5) is 5.69 Å². The van der Waals surface area contributed by atoms with Gasteiger partial charge in [-0.25, -0.2) is 0 Å². The first kappa shape index (κ1) is 7.16. The molecule has 0 spiro atoms. The SMILES string of the molecule is C1=NCC(Nc2ccccc2)N1. The van der Waals surface area contributed by atoms with Gasteiger partial charge in [0, 0.05) is 5.69 Å². The molecular weight excluding hydrogens is 150 g/mol. The van der Waals surface area contributed by atoms with Crippen LogP contribution in [0.5, 0.6) is 0 Å². The third-order valence-electron chi connectivity index (χ3n) is 1.77. The highest BCUT2D eigenvalue weighted by Crippen LogP contribution is 2.06. The van der Waals surface area contributed by atoms with E-state index in [2.05, 4.69) is 15.6 Å². The van der Waals surface area contributed by atoms with Gasteiger partial charge in [0.05, 0.1) is 12.9 Å². The fourth-order valence-electron chi connectivity index (χ4n) is 1.18. The van der Waals surface area contributed by atoms with E-state index < -0.39 is 0 Å². The summed E-state index contributed by atoms with van der Waals surface area (Å²) in [5.74, 6) is 0. The van der Waals surface area contributed by atoms with Gasteiger partial charge in [-0.3, -0.25) is 4.99 Å². The van der Waals surface area contributed by atoms with E-state index in [0.29, 0.717) is 0 Å². The monoisotopic (exact) mass is 161 g/mol.